The lowest BCUT2D eigenvalue weighted by Gasteiger charge is -2.35. The zero-order valence-corrected chi connectivity index (χ0v) is 22.1. The Morgan fingerprint density at radius 1 is 0.946 bits per heavy atom. The highest BCUT2D eigenvalue weighted by molar-refractivity contribution is 7.92. The van der Waals surface area contributed by atoms with Gasteiger partial charge in [-0.15, -0.1) is 0 Å². The van der Waals surface area contributed by atoms with E-state index in [0.717, 1.165) is 36.3 Å². The van der Waals surface area contributed by atoms with Gasteiger partial charge in [0.15, 0.2) is 6.10 Å². The van der Waals surface area contributed by atoms with Crippen LogP contribution in [0.4, 0.5) is 5.69 Å². The summed E-state index contributed by atoms with van der Waals surface area (Å²) in [5.74, 6) is 0.0283. The van der Waals surface area contributed by atoms with Crippen LogP contribution in [0.25, 0.3) is 0 Å². The molecule has 3 aromatic rings. The first-order chi connectivity index (χ1) is 17.8. The number of carbonyl (C=O) groups excluding carboxylic acids is 1. The Bertz CT molecular complexity index is 1380. The molecule has 0 bridgehead atoms. The van der Waals surface area contributed by atoms with Crippen LogP contribution in [0.15, 0.2) is 71.6 Å². The fourth-order valence-electron chi connectivity index (χ4n) is 4.90. The van der Waals surface area contributed by atoms with Crippen molar-refractivity contribution in [1.29, 1.82) is 0 Å². The Hall–Kier alpha value is -3.36. The lowest BCUT2D eigenvalue weighted by molar-refractivity contribution is -0.127. The van der Waals surface area contributed by atoms with Gasteiger partial charge in [0, 0.05) is 13.1 Å². The third kappa shape index (κ3) is 5.65. The van der Waals surface area contributed by atoms with Crippen LogP contribution in [-0.4, -0.2) is 45.0 Å². The molecule has 0 spiro atoms. The Balaban J connectivity index is 1.33. The number of likely N-dealkylation sites (tertiary alicyclic amines) is 1. The molecule has 1 fully saturated rings. The molecule has 0 unspecified atom stereocenters. The number of aryl methyl sites for hydroxylation is 2. The summed E-state index contributed by atoms with van der Waals surface area (Å²) >= 11 is 0. The predicted molar refractivity (Wildman–Crippen MR) is 144 cm³/mol. The second-order valence-corrected chi connectivity index (χ2v) is 11.8. The van der Waals surface area contributed by atoms with Gasteiger partial charge >= 0.3 is 0 Å². The second-order valence-electron chi connectivity index (χ2n) is 9.95. The van der Waals surface area contributed by atoms with Crippen molar-refractivity contribution in [2.75, 3.05) is 23.9 Å². The van der Waals surface area contributed by atoms with Crippen molar-refractivity contribution in [2.24, 2.45) is 0 Å². The fraction of sp³-hybridized carbons (Fsp3) is 0.345. The van der Waals surface area contributed by atoms with Gasteiger partial charge in [0.05, 0.1) is 17.1 Å². The number of rotatable bonds is 7. The Morgan fingerprint density at radius 3 is 2.41 bits per heavy atom. The van der Waals surface area contributed by atoms with Crippen LogP contribution in [0, 0.1) is 13.8 Å². The van der Waals surface area contributed by atoms with Gasteiger partial charge in [-0.05, 0) is 80.7 Å². The summed E-state index contributed by atoms with van der Waals surface area (Å²) in [5, 5.41) is 2.95. The first-order valence-electron chi connectivity index (χ1n) is 12.7. The van der Waals surface area contributed by atoms with E-state index in [0.29, 0.717) is 18.0 Å². The lowest BCUT2D eigenvalue weighted by Crippen LogP contribution is -2.50. The highest BCUT2D eigenvalue weighted by Gasteiger charge is 2.37. The van der Waals surface area contributed by atoms with Crippen molar-refractivity contribution in [3.8, 4) is 5.75 Å². The maximum atomic E-state index is 13.6. The number of amides is 1. The Morgan fingerprint density at radius 2 is 1.65 bits per heavy atom. The lowest BCUT2D eigenvalue weighted by atomic mass is 10.1. The minimum absolute atomic E-state index is 0.104. The van der Waals surface area contributed by atoms with Crippen molar-refractivity contribution >= 4 is 21.6 Å². The molecule has 0 saturated carbocycles. The summed E-state index contributed by atoms with van der Waals surface area (Å²) in [4.78, 5) is 15.8. The van der Waals surface area contributed by atoms with Gasteiger partial charge in [0.2, 0.25) is 0 Å². The van der Waals surface area contributed by atoms with E-state index in [1.807, 2.05) is 32.0 Å². The van der Waals surface area contributed by atoms with Crippen LogP contribution in [0.5, 0.6) is 5.75 Å². The van der Waals surface area contributed by atoms with E-state index in [1.54, 1.807) is 36.4 Å². The fourth-order valence-corrected chi connectivity index (χ4v) is 6.37. The molecule has 0 radical (unpaired) electrons. The van der Waals surface area contributed by atoms with Crippen molar-refractivity contribution in [1.82, 2.24) is 10.2 Å². The highest BCUT2D eigenvalue weighted by Crippen LogP contribution is 2.37. The zero-order chi connectivity index (χ0) is 26.0. The van der Waals surface area contributed by atoms with Crippen molar-refractivity contribution in [2.45, 2.75) is 50.8 Å². The number of ether oxygens (including phenoxy) is 1. The number of hydrogen-bond donors (Lipinski definition) is 1. The molecule has 1 N–H and O–H groups in total. The van der Waals surface area contributed by atoms with Gasteiger partial charge in [0.25, 0.3) is 15.9 Å². The molecule has 2 aliphatic rings. The van der Waals surface area contributed by atoms with Crippen LogP contribution < -0.4 is 14.4 Å². The molecule has 194 valence electrons. The minimum atomic E-state index is -3.89. The molecule has 2 heterocycles. The molecule has 0 aliphatic carbocycles. The Kier molecular flexibility index (Phi) is 7.22. The number of hydrogen-bond acceptors (Lipinski definition) is 5. The van der Waals surface area contributed by atoms with E-state index >= 15 is 0 Å². The molecule has 1 saturated heterocycles. The number of carbonyl (C=O) groups is 1. The standard InChI is InChI=1S/C29H33N3O4S/c1-21-8-11-25(12-9-21)37(34,35)32-20-28(36-27-13-10-22(2)16-26(27)32)29(33)30-18-23-6-5-7-24(17-23)19-31-14-3-4-15-31/h5-13,16-17,28H,3-4,14-15,18-20H2,1-2H3,(H,30,33)/t28-/m0/s1. The topological polar surface area (TPSA) is 79.0 Å². The van der Waals surface area contributed by atoms with Crippen molar-refractivity contribution in [3.05, 3.63) is 89.0 Å². The maximum Gasteiger partial charge on any atom is 0.264 e. The van der Waals surface area contributed by atoms with Gasteiger partial charge in [0.1, 0.15) is 5.75 Å². The summed E-state index contributed by atoms with van der Waals surface area (Å²) in [6.45, 7) is 7.22. The van der Waals surface area contributed by atoms with Crippen LogP contribution in [0.1, 0.15) is 35.1 Å². The molecule has 3 aromatic carbocycles. The Labute approximate surface area is 219 Å². The normalized spacial score (nSPS) is 17.8. The maximum absolute atomic E-state index is 13.6. The minimum Gasteiger partial charge on any atom is -0.476 e. The van der Waals surface area contributed by atoms with Gasteiger partial charge < -0.3 is 10.1 Å². The molecule has 5 rings (SSSR count). The molecular weight excluding hydrogens is 486 g/mol. The van der Waals surface area contributed by atoms with E-state index < -0.39 is 16.1 Å². The third-order valence-electron chi connectivity index (χ3n) is 6.95. The first-order valence-corrected chi connectivity index (χ1v) is 14.2. The van der Waals surface area contributed by atoms with Crippen LogP contribution in [-0.2, 0) is 27.9 Å². The van der Waals surface area contributed by atoms with Gasteiger partial charge in [-0.25, -0.2) is 8.42 Å². The summed E-state index contributed by atoms with van der Waals surface area (Å²) < 4.78 is 34.6. The molecule has 37 heavy (non-hydrogen) atoms. The van der Waals surface area contributed by atoms with Gasteiger partial charge in [-0.1, -0.05) is 48.0 Å². The predicted octanol–water partition coefficient (Wildman–Crippen LogP) is 4.17. The number of fused-ring (bicyclic) bond motifs is 1. The molecular formula is C29H33N3O4S. The van der Waals surface area contributed by atoms with Crippen molar-refractivity contribution < 1.29 is 17.9 Å². The first kappa shape index (κ1) is 25.3. The molecule has 2 aliphatic heterocycles. The number of sulfonamides is 1. The van der Waals surface area contributed by atoms with Gasteiger partial charge in [-0.2, -0.15) is 0 Å². The average Bonchev–Trinajstić information content (AvgIpc) is 3.40. The number of benzene rings is 3. The van der Waals surface area contributed by atoms with Crippen LogP contribution in [0.2, 0.25) is 0 Å². The summed E-state index contributed by atoms with van der Waals surface area (Å²) in [6.07, 6.45) is 1.52. The van der Waals surface area contributed by atoms with Crippen LogP contribution in [0.3, 0.4) is 0 Å². The number of anilines is 1. The summed E-state index contributed by atoms with van der Waals surface area (Å²) in [5.41, 5.74) is 4.55. The zero-order valence-electron chi connectivity index (χ0n) is 21.3. The third-order valence-corrected chi connectivity index (χ3v) is 8.74. The average molecular weight is 520 g/mol. The number of nitrogens with one attached hydrogen (secondary N) is 1. The SMILES string of the molecule is Cc1ccc(S(=O)(=O)N2C[C@@H](C(=O)NCc3cccc(CN4CCCC4)c3)Oc3ccc(C)cc32)cc1. The summed E-state index contributed by atoms with van der Waals surface area (Å²) in [7, 11) is -3.89. The largest absolute Gasteiger partial charge is 0.476 e. The summed E-state index contributed by atoms with van der Waals surface area (Å²) in [6, 6.07) is 20.3. The smallest absolute Gasteiger partial charge is 0.264 e. The highest BCUT2D eigenvalue weighted by atomic mass is 32.2. The second kappa shape index (κ2) is 10.6. The van der Waals surface area contributed by atoms with Gasteiger partial charge in [-0.3, -0.25) is 14.0 Å². The number of nitrogens with zero attached hydrogens (tertiary/aromatic N) is 2. The van der Waals surface area contributed by atoms with Crippen molar-refractivity contribution in [3.63, 3.8) is 0 Å². The molecule has 7 nitrogen and oxygen atoms in total. The van der Waals surface area contributed by atoms with E-state index in [2.05, 4.69) is 22.3 Å². The molecule has 0 aromatic heterocycles. The monoisotopic (exact) mass is 519 g/mol. The molecule has 1 atom stereocenters. The van der Waals surface area contributed by atoms with Crippen LogP contribution >= 0.6 is 0 Å². The van der Waals surface area contributed by atoms with E-state index in [-0.39, 0.29) is 17.3 Å². The van der Waals surface area contributed by atoms with E-state index in [1.165, 1.54) is 22.7 Å². The van der Waals surface area contributed by atoms with E-state index in [9.17, 15) is 13.2 Å². The molecule has 1 amide bonds. The van der Waals surface area contributed by atoms with E-state index in [4.69, 9.17) is 4.74 Å². The molecule has 8 heteroatoms. The quantitative estimate of drug-likeness (QED) is 0.507.